The van der Waals surface area contributed by atoms with Crippen LogP contribution in [0.15, 0.2) is 0 Å². The molecule has 2 rings (SSSR count). The van der Waals surface area contributed by atoms with Crippen LogP contribution in [0, 0.1) is 5.92 Å². The Labute approximate surface area is 108 Å². The summed E-state index contributed by atoms with van der Waals surface area (Å²) < 4.78 is 0. The number of carbonyl (C=O) groups excluding carboxylic acids is 1. The molecule has 18 heavy (non-hydrogen) atoms. The van der Waals surface area contributed by atoms with E-state index in [-0.39, 0.29) is 12.6 Å². The smallest absolute Gasteiger partial charge is 0.323 e. The van der Waals surface area contributed by atoms with E-state index in [4.69, 9.17) is 5.11 Å². The van der Waals surface area contributed by atoms with Crippen LogP contribution in [0.3, 0.4) is 0 Å². The van der Waals surface area contributed by atoms with Gasteiger partial charge in [-0.2, -0.15) is 0 Å². The molecule has 2 atom stereocenters. The molecule has 1 heterocycles. The maximum absolute atomic E-state index is 12.4. The average Bonchev–Trinajstić information content (AvgIpc) is 2.78. The Kier molecular flexibility index (Phi) is 4.09. The number of likely N-dealkylation sites (N-methyl/N-ethyl adjacent to an activating group) is 1. The molecule has 0 aromatic rings. The highest BCUT2D eigenvalue weighted by Crippen LogP contribution is 2.36. The van der Waals surface area contributed by atoms with Gasteiger partial charge < -0.3 is 14.9 Å². The molecule has 5 nitrogen and oxygen atoms in total. The van der Waals surface area contributed by atoms with Crippen molar-refractivity contribution < 1.29 is 14.7 Å². The highest BCUT2D eigenvalue weighted by atomic mass is 16.4. The highest BCUT2D eigenvalue weighted by molar-refractivity contribution is 5.80. The molecule has 102 valence electrons. The summed E-state index contributed by atoms with van der Waals surface area (Å²) >= 11 is 0. The van der Waals surface area contributed by atoms with Crippen molar-refractivity contribution in [1.82, 2.24) is 9.80 Å². The molecule has 2 aliphatic rings. The van der Waals surface area contributed by atoms with Gasteiger partial charge in [0.15, 0.2) is 0 Å². The molecular formula is C13H22N2O3. The summed E-state index contributed by atoms with van der Waals surface area (Å²) in [6.45, 7) is 2.89. The van der Waals surface area contributed by atoms with Crippen LogP contribution in [0.25, 0.3) is 0 Å². The first-order valence-electron chi connectivity index (χ1n) is 6.90. The second kappa shape index (κ2) is 5.59. The predicted molar refractivity (Wildman–Crippen MR) is 67.3 cm³/mol. The van der Waals surface area contributed by atoms with E-state index < -0.39 is 5.97 Å². The van der Waals surface area contributed by atoms with Crippen molar-refractivity contribution in [2.75, 3.05) is 19.6 Å². The van der Waals surface area contributed by atoms with E-state index in [0.717, 1.165) is 19.4 Å². The summed E-state index contributed by atoms with van der Waals surface area (Å²) in [7, 11) is 0. The minimum absolute atomic E-state index is 0.0886. The number of likely N-dealkylation sites (tertiary alicyclic amines) is 1. The van der Waals surface area contributed by atoms with Gasteiger partial charge in [0.05, 0.1) is 0 Å². The lowest BCUT2D eigenvalue weighted by atomic mass is 9.85. The number of fused-ring (bicyclic) bond motifs is 1. The number of urea groups is 1. The zero-order chi connectivity index (χ0) is 13.1. The second-order valence-corrected chi connectivity index (χ2v) is 5.28. The Hall–Kier alpha value is -1.26. The highest BCUT2D eigenvalue weighted by Gasteiger charge is 2.39. The van der Waals surface area contributed by atoms with Crippen molar-refractivity contribution in [3.63, 3.8) is 0 Å². The molecule has 1 saturated carbocycles. The first kappa shape index (κ1) is 13.2. The monoisotopic (exact) mass is 254 g/mol. The summed E-state index contributed by atoms with van der Waals surface area (Å²) in [5.74, 6) is -0.296. The van der Waals surface area contributed by atoms with Crippen molar-refractivity contribution in [2.45, 2.75) is 45.1 Å². The zero-order valence-electron chi connectivity index (χ0n) is 11.0. The van der Waals surface area contributed by atoms with Crippen molar-refractivity contribution in [3.8, 4) is 0 Å². The van der Waals surface area contributed by atoms with Crippen molar-refractivity contribution in [2.24, 2.45) is 5.92 Å². The number of nitrogens with zero attached hydrogens (tertiary/aromatic N) is 2. The fraction of sp³-hybridized carbons (Fsp3) is 0.846. The van der Waals surface area contributed by atoms with Crippen LogP contribution in [0.5, 0.6) is 0 Å². The number of hydrogen-bond acceptors (Lipinski definition) is 2. The molecule has 2 fully saturated rings. The standard InChI is InChI=1S/C13H22N2O3/c1-2-14(9-12(16)17)13(18)15-8-7-10-5-3-4-6-11(10)15/h10-11H,2-9H2,1H3,(H,16,17). The van der Waals surface area contributed by atoms with Crippen LogP contribution in [-0.4, -0.2) is 52.6 Å². The Balaban J connectivity index is 2.01. The van der Waals surface area contributed by atoms with Crippen LogP contribution < -0.4 is 0 Å². The van der Waals surface area contributed by atoms with Gasteiger partial charge in [-0.3, -0.25) is 4.79 Å². The molecule has 5 heteroatoms. The average molecular weight is 254 g/mol. The number of amides is 2. The Bertz CT molecular complexity index is 332. The maximum atomic E-state index is 12.4. The van der Waals surface area contributed by atoms with Gasteiger partial charge in [0.25, 0.3) is 0 Å². The fourth-order valence-corrected chi connectivity index (χ4v) is 3.30. The van der Waals surface area contributed by atoms with Crippen LogP contribution in [0.1, 0.15) is 39.0 Å². The molecule has 0 bridgehead atoms. The first-order valence-corrected chi connectivity index (χ1v) is 6.90. The predicted octanol–water partition coefficient (Wildman–Crippen LogP) is 1.78. The van der Waals surface area contributed by atoms with Gasteiger partial charge in [-0.25, -0.2) is 4.79 Å². The van der Waals surface area contributed by atoms with E-state index in [9.17, 15) is 9.59 Å². The molecule has 1 saturated heterocycles. The lowest BCUT2D eigenvalue weighted by Gasteiger charge is -2.34. The van der Waals surface area contributed by atoms with E-state index >= 15 is 0 Å². The van der Waals surface area contributed by atoms with Crippen molar-refractivity contribution >= 4 is 12.0 Å². The third-order valence-corrected chi connectivity index (χ3v) is 4.23. The lowest BCUT2D eigenvalue weighted by molar-refractivity contribution is -0.137. The van der Waals surface area contributed by atoms with Crippen molar-refractivity contribution in [3.05, 3.63) is 0 Å². The Morgan fingerprint density at radius 2 is 2.00 bits per heavy atom. The summed E-state index contributed by atoms with van der Waals surface area (Å²) in [5, 5.41) is 8.83. The van der Waals surface area contributed by atoms with E-state index in [1.807, 2.05) is 11.8 Å². The number of carbonyl (C=O) groups is 2. The second-order valence-electron chi connectivity index (χ2n) is 5.28. The minimum atomic E-state index is -0.940. The third kappa shape index (κ3) is 2.60. The quantitative estimate of drug-likeness (QED) is 0.835. The molecule has 0 aromatic heterocycles. The number of carboxylic acid groups (broad SMARTS) is 1. The summed E-state index contributed by atoms with van der Waals surface area (Å²) in [6.07, 6.45) is 5.85. The lowest BCUT2D eigenvalue weighted by Crippen LogP contribution is -2.48. The zero-order valence-corrected chi connectivity index (χ0v) is 11.0. The van der Waals surface area contributed by atoms with E-state index in [1.165, 1.54) is 24.2 Å². The Morgan fingerprint density at radius 1 is 1.28 bits per heavy atom. The Morgan fingerprint density at radius 3 is 2.67 bits per heavy atom. The molecule has 0 aromatic carbocycles. The number of carboxylic acids is 1. The number of hydrogen-bond donors (Lipinski definition) is 1. The van der Waals surface area contributed by atoms with Crippen LogP contribution in [0.2, 0.25) is 0 Å². The van der Waals surface area contributed by atoms with Crippen molar-refractivity contribution in [1.29, 1.82) is 0 Å². The minimum Gasteiger partial charge on any atom is -0.480 e. The van der Waals surface area contributed by atoms with Gasteiger partial charge in [0.1, 0.15) is 6.54 Å². The first-order chi connectivity index (χ1) is 8.63. The largest absolute Gasteiger partial charge is 0.480 e. The molecule has 1 N–H and O–H groups in total. The summed E-state index contributed by atoms with van der Waals surface area (Å²) in [4.78, 5) is 26.5. The van der Waals surface area contributed by atoms with Crippen LogP contribution in [0.4, 0.5) is 4.79 Å². The molecule has 2 amide bonds. The SMILES string of the molecule is CCN(CC(=O)O)C(=O)N1CCC2CCCCC21. The van der Waals surface area contributed by atoms with Gasteiger partial charge in [0, 0.05) is 19.1 Å². The molecule has 2 unspecified atom stereocenters. The number of aliphatic carboxylic acids is 1. The summed E-state index contributed by atoms with van der Waals surface area (Å²) in [6, 6.07) is 0.267. The molecule has 0 spiro atoms. The van der Waals surface area contributed by atoms with Crippen LogP contribution >= 0.6 is 0 Å². The van der Waals surface area contributed by atoms with Gasteiger partial charge in [-0.1, -0.05) is 12.8 Å². The van der Waals surface area contributed by atoms with Gasteiger partial charge in [-0.05, 0) is 32.1 Å². The van der Waals surface area contributed by atoms with Gasteiger partial charge in [-0.15, -0.1) is 0 Å². The normalized spacial score (nSPS) is 26.8. The van der Waals surface area contributed by atoms with E-state index in [2.05, 4.69) is 0 Å². The fourth-order valence-electron chi connectivity index (χ4n) is 3.30. The summed E-state index contributed by atoms with van der Waals surface area (Å²) in [5.41, 5.74) is 0. The van der Waals surface area contributed by atoms with E-state index in [1.54, 1.807) is 0 Å². The third-order valence-electron chi connectivity index (χ3n) is 4.23. The van der Waals surface area contributed by atoms with Gasteiger partial charge in [0.2, 0.25) is 0 Å². The maximum Gasteiger partial charge on any atom is 0.323 e. The number of rotatable bonds is 3. The van der Waals surface area contributed by atoms with Crippen LogP contribution in [-0.2, 0) is 4.79 Å². The molecule has 1 aliphatic carbocycles. The van der Waals surface area contributed by atoms with Gasteiger partial charge >= 0.3 is 12.0 Å². The molecule has 0 radical (unpaired) electrons. The molecular weight excluding hydrogens is 232 g/mol. The topological polar surface area (TPSA) is 60.9 Å². The van der Waals surface area contributed by atoms with E-state index in [0.29, 0.717) is 18.5 Å². The molecule has 1 aliphatic heterocycles.